The van der Waals surface area contributed by atoms with Crippen molar-refractivity contribution >= 4 is 10.9 Å². The Bertz CT molecular complexity index is 1120. The van der Waals surface area contributed by atoms with Crippen molar-refractivity contribution in [3.63, 3.8) is 0 Å². The second-order valence-electron chi connectivity index (χ2n) is 6.94. The normalized spacial score (nSPS) is 23.6. The van der Waals surface area contributed by atoms with Gasteiger partial charge in [0.25, 0.3) is 5.56 Å². The van der Waals surface area contributed by atoms with Crippen molar-refractivity contribution in [2.45, 2.75) is 38.4 Å². The third-order valence-electron chi connectivity index (χ3n) is 5.57. The van der Waals surface area contributed by atoms with Crippen molar-refractivity contribution in [2.24, 2.45) is 0 Å². The Morgan fingerprint density at radius 2 is 2.15 bits per heavy atom. The number of benzene rings is 1. The van der Waals surface area contributed by atoms with Crippen molar-refractivity contribution < 1.29 is 14.9 Å². The second kappa shape index (κ2) is 5.23. The molecule has 5 rings (SSSR count). The van der Waals surface area contributed by atoms with Crippen LogP contribution in [-0.2, 0) is 23.5 Å². The maximum Gasteiger partial charge on any atom is 0.257 e. The molecule has 2 aromatic heterocycles. The topological polar surface area (TPSA) is 84.6 Å². The zero-order chi connectivity index (χ0) is 18.1. The van der Waals surface area contributed by atoms with Gasteiger partial charge in [-0.25, -0.2) is 4.98 Å². The van der Waals surface area contributed by atoms with Crippen LogP contribution < -0.4 is 5.56 Å². The van der Waals surface area contributed by atoms with Crippen LogP contribution in [0.4, 0.5) is 0 Å². The van der Waals surface area contributed by atoms with E-state index in [1.165, 1.54) is 0 Å². The molecule has 0 radical (unpaired) electrons. The summed E-state index contributed by atoms with van der Waals surface area (Å²) in [6, 6.07) is 11.7. The first-order valence-electron chi connectivity index (χ1n) is 8.71. The predicted molar refractivity (Wildman–Crippen MR) is 95.5 cm³/mol. The van der Waals surface area contributed by atoms with Gasteiger partial charge in [-0.3, -0.25) is 4.79 Å². The molecule has 1 aromatic carbocycles. The van der Waals surface area contributed by atoms with E-state index in [4.69, 9.17) is 9.72 Å². The lowest BCUT2D eigenvalue weighted by molar-refractivity contribution is -0.236. The molecule has 2 aliphatic heterocycles. The minimum atomic E-state index is -1.60. The van der Waals surface area contributed by atoms with Gasteiger partial charge in [0.1, 0.15) is 5.60 Å². The maximum absolute atomic E-state index is 13.0. The molecule has 1 unspecified atom stereocenters. The first kappa shape index (κ1) is 15.7. The summed E-state index contributed by atoms with van der Waals surface area (Å²) < 4.78 is 6.94. The number of aliphatic hydroxyl groups excluding tert-OH is 1. The van der Waals surface area contributed by atoms with E-state index in [2.05, 4.69) is 6.07 Å². The monoisotopic (exact) mass is 350 g/mol. The van der Waals surface area contributed by atoms with Gasteiger partial charge in [-0.05, 0) is 24.6 Å². The van der Waals surface area contributed by atoms with Gasteiger partial charge >= 0.3 is 0 Å². The van der Waals surface area contributed by atoms with E-state index in [0.717, 1.165) is 22.2 Å². The van der Waals surface area contributed by atoms with E-state index in [-0.39, 0.29) is 18.6 Å². The van der Waals surface area contributed by atoms with Crippen LogP contribution in [0.15, 0.2) is 41.2 Å². The summed E-state index contributed by atoms with van der Waals surface area (Å²) in [7, 11) is 0. The lowest BCUT2D eigenvalue weighted by Gasteiger charge is -2.37. The molecule has 2 atom stereocenters. The van der Waals surface area contributed by atoms with Gasteiger partial charge in [0, 0.05) is 22.1 Å². The van der Waals surface area contributed by atoms with Crippen molar-refractivity contribution in [1.82, 2.24) is 9.55 Å². The fourth-order valence-electron chi connectivity index (χ4n) is 4.04. The van der Waals surface area contributed by atoms with Crippen LogP contribution in [-0.4, -0.2) is 26.1 Å². The van der Waals surface area contributed by atoms with E-state index in [1.807, 2.05) is 24.3 Å². The predicted octanol–water partition coefficient (Wildman–Crippen LogP) is 1.87. The van der Waals surface area contributed by atoms with Crippen LogP contribution in [0.5, 0.6) is 0 Å². The van der Waals surface area contributed by atoms with Crippen molar-refractivity contribution in [2.75, 3.05) is 0 Å². The van der Waals surface area contributed by atoms with Gasteiger partial charge in [0.05, 0.1) is 30.1 Å². The van der Waals surface area contributed by atoms with Crippen LogP contribution in [0.1, 0.15) is 30.0 Å². The van der Waals surface area contributed by atoms with Crippen LogP contribution in [0.3, 0.4) is 0 Å². The summed E-state index contributed by atoms with van der Waals surface area (Å²) in [5, 5.41) is 22.1. The molecule has 132 valence electrons. The fraction of sp³-hybridized carbons (Fsp3) is 0.300. The van der Waals surface area contributed by atoms with Gasteiger partial charge in [0.15, 0.2) is 6.29 Å². The van der Waals surface area contributed by atoms with E-state index in [1.54, 1.807) is 17.6 Å². The smallest absolute Gasteiger partial charge is 0.257 e. The number of nitrogens with zero attached hydrogens (tertiary/aromatic N) is 2. The van der Waals surface area contributed by atoms with E-state index < -0.39 is 11.9 Å². The van der Waals surface area contributed by atoms with Gasteiger partial charge in [-0.1, -0.05) is 25.1 Å². The number of para-hydroxylation sites is 1. The molecule has 0 spiro atoms. The standard InChI is InChI=1S/C20H18N2O4/c1-2-20(25)14-8-16-17-12(7-11-5-3-4-6-15(11)21-17)9-22(16)18(23)13(14)10-26-19(20)24/h3-8,19,24-25H,2,9-10H2,1H3/t19?,20-/m0/s1. The molecule has 0 saturated heterocycles. The summed E-state index contributed by atoms with van der Waals surface area (Å²) in [6.07, 6.45) is -1.12. The Labute approximate surface area is 149 Å². The first-order chi connectivity index (χ1) is 12.5. The number of pyridine rings is 2. The molecule has 3 aromatic rings. The number of ether oxygens (including phenoxy) is 1. The second-order valence-corrected chi connectivity index (χ2v) is 6.94. The molecule has 6 nitrogen and oxygen atoms in total. The zero-order valence-corrected chi connectivity index (χ0v) is 14.3. The summed E-state index contributed by atoms with van der Waals surface area (Å²) in [5.74, 6) is 0. The molecular formula is C20H18N2O4. The number of aliphatic hydroxyl groups is 2. The van der Waals surface area contributed by atoms with Crippen LogP contribution in [0, 0.1) is 0 Å². The van der Waals surface area contributed by atoms with Gasteiger partial charge in [-0.2, -0.15) is 0 Å². The van der Waals surface area contributed by atoms with Crippen LogP contribution in [0.25, 0.3) is 22.3 Å². The Balaban J connectivity index is 1.80. The lowest BCUT2D eigenvalue weighted by atomic mass is 9.85. The molecule has 2 N–H and O–H groups in total. The molecule has 26 heavy (non-hydrogen) atoms. The van der Waals surface area contributed by atoms with Crippen molar-refractivity contribution in [1.29, 1.82) is 0 Å². The summed E-state index contributed by atoms with van der Waals surface area (Å²) in [6.45, 7) is 2.19. The van der Waals surface area contributed by atoms with Gasteiger partial charge in [-0.15, -0.1) is 0 Å². The zero-order valence-electron chi connectivity index (χ0n) is 14.3. The van der Waals surface area contributed by atoms with Crippen LogP contribution >= 0.6 is 0 Å². The minimum absolute atomic E-state index is 0.0102. The molecule has 0 bridgehead atoms. The van der Waals surface area contributed by atoms with Crippen molar-refractivity contribution in [3.8, 4) is 11.4 Å². The Hall–Kier alpha value is -2.54. The molecule has 0 fully saturated rings. The number of rotatable bonds is 1. The highest BCUT2D eigenvalue weighted by Crippen LogP contribution is 2.39. The number of hydrogen-bond donors (Lipinski definition) is 2. The average Bonchev–Trinajstić information content (AvgIpc) is 3.01. The first-order valence-corrected chi connectivity index (χ1v) is 8.71. The number of fused-ring (bicyclic) bond motifs is 5. The fourth-order valence-corrected chi connectivity index (χ4v) is 4.04. The Kier molecular flexibility index (Phi) is 3.16. The molecular weight excluding hydrogens is 332 g/mol. The van der Waals surface area contributed by atoms with Gasteiger partial charge < -0.3 is 19.5 Å². The molecule has 0 aliphatic carbocycles. The third kappa shape index (κ3) is 1.92. The lowest BCUT2D eigenvalue weighted by Crippen LogP contribution is -2.47. The number of aromatic nitrogens is 2. The third-order valence-corrected chi connectivity index (χ3v) is 5.57. The van der Waals surface area contributed by atoms with E-state index in [9.17, 15) is 15.0 Å². The highest BCUT2D eigenvalue weighted by Gasteiger charge is 2.44. The Morgan fingerprint density at radius 3 is 2.96 bits per heavy atom. The molecule has 0 amide bonds. The molecule has 4 heterocycles. The number of hydrogen-bond acceptors (Lipinski definition) is 5. The van der Waals surface area contributed by atoms with Gasteiger partial charge in [0.2, 0.25) is 0 Å². The highest BCUT2D eigenvalue weighted by molar-refractivity contribution is 5.84. The van der Waals surface area contributed by atoms with Crippen molar-refractivity contribution in [3.05, 3.63) is 63.4 Å². The highest BCUT2D eigenvalue weighted by atomic mass is 16.6. The Morgan fingerprint density at radius 1 is 1.35 bits per heavy atom. The summed E-state index contributed by atoms with van der Waals surface area (Å²) in [5.41, 5.74) is 2.32. The quantitative estimate of drug-likeness (QED) is 0.547. The molecule has 6 heteroatoms. The van der Waals surface area contributed by atoms with E-state index >= 15 is 0 Å². The minimum Gasteiger partial charge on any atom is -0.380 e. The molecule has 0 saturated carbocycles. The average molecular weight is 350 g/mol. The summed E-state index contributed by atoms with van der Waals surface area (Å²) in [4.78, 5) is 17.8. The largest absolute Gasteiger partial charge is 0.380 e. The SMILES string of the molecule is CC[C@]1(O)c2cc3n(c(=O)c2COC1O)Cc1cc2ccccc2nc1-3. The maximum atomic E-state index is 13.0. The molecule has 2 aliphatic rings. The summed E-state index contributed by atoms with van der Waals surface area (Å²) >= 11 is 0. The van der Waals surface area contributed by atoms with E-state index in [0.29, 0.717) is 23.4 Å². The van der Waals surface area contributed by atoms with Crippen LogP contribution in [0.2, 0.25) is 0 Å².